The van der Waals surface area contributed by atoms with Crippen molar-refractivity contribution in [2.24, 2.45) is 0 Å². The Bertz CT molecular complexity index is 252. The van der Waals surface area contributed by atoms with E-state index in [9.17, 15) is 4.57 Å². The molecule has 0 amide bonds. The first kappa shape index (κ1) is 7.74. The van der Waals surface area contributed by atoms with Crippen molar-refractivity contribution in [2.45, 2.75) is 0 Å². The smallest absolute Gasteiger partial charge is 0.423 e. The van der Waals surface area contributed by atoms with Crippen LogP contribution in [0.5, 0.6) is 0 Å². The standard InChI is InChI=1S/C5H5O3PS/c1-3-5-4-8-9(6,7-2)10-5/h1,4H,2H3. The summed E-state index contributed by atoms with van der Waals surface area (Å²) in [6, 6.07) is 0. The molecule has 0 N–H and O–H groups in total. The molecule has 1 rings (SSSR count). The minimum Gasteiger partial charge on any atom is -0.423 e. The summed E-state index contributed by atoms with van der Waals surface area (Å²) in [4.78, 5) is 0.505. The SMILES string of the molecule is C#CC1=COP(=O)(OC)S1. The predicted octanol–water partition coefficient (Wildman–Crippen LogP) is 1.98. The summed E-state index contributed by atoms with van der Waals surface area (Å²) in [5, 5.41) is 0. The van der Waals surface area contributed by atoms with E-state index in [1.807, 2.05) is 0 Å². The van der Waals surface area contributed by atoms with Gasteiger partial charge in [-0.05, 0) is 0 Å². The Kier molecular flexibility index (Phi) is 2.10. The summed E-state index contributed by atoms with van der Waals surface area (Å²) in [5.74, 6) is 2.30. The quantitative estimate of drug-likeness (QED) is 0.452. The maximum absolute atomic E-state index is 11.1. The Morgan fingerprint density at radius 3 is 3.00 bits per heavy atom. The molecule has 0 saturated heterocycles. The minimum absolute atomic E-state index is 0.505. The summed E-state index contributed by atoms with van der Waals surface area (Å²) in [6.45, 7) is -2.94. The van der Waals surface area contributed by atoms with E-state index in [1.165, 1.54) is 13.4 Å². The van der Waals surface area contributed by atoms with Crippen molar-refractivity contribution in [1.82, 2.24) is 0 Å². The highest BCUT2D eigenvalue weighted by molar-refractivity contribution is 8.57. The fourth-order valence-electron chi connectivity index (χ4n) is 0.417. The average Bonchev–Trinajstić information content (AvgIpc) is 2.33. The maximum atomic E-state index is 11.1. The fraction of sp³-hybridized carbons (Fsp3) is 0.200. The van der Waals surface area contributed by atoms with Gasteiger partial charge in [-0.1, -0.05) is 5.92 Å². The summed E-state index contributed by atoms with van der Waals surface area (Å²) in [6.07, 6.45) is 6.29. The van der Waals surface area contributed by atoms with Gasteiger partial charge in [0.05, 0.1) is 0 Å². The van der Waals surface area contributed by atoms with Gasteiger partial charge in [-0.2, -0.15) is 0 Å². The Hall–Kier alpha value is -0.360. The van der Waals surface area contributed by atoms with E-state index in [2.05, 4.69) is 15.0 Å². The maximum Gasteiger partial charge on any atom is 0.444 e. The highest BCUT2D eigenvalue weighted by Gasteiger charge is 2.31. The van der Waals surface area contributed by atoms with Crippen LogP contribution in [0.2, 0.25) is 0 Å². The Morgan fingerprint density at radius 2 is 2.70 bits per heavy atom. The van der Waals surface area contributed by atoms with Gasteiger partial charge >= 0.3 is 6.80 Å². The monoisotopic (exact) mass is 176 g/mol. The molecule has 0 radical (unpaired) electrons. The molecule has 1 aliphatic rings. The first-order valence-electron chi connectivity index (χ1n) is 2.41. The second kappa shape index (κ2) is 2.71. The second-order valence-electron chi connectivity index (χ2n) is 1.45. The van der Waals surface area contributed by atoms with Crippen molar-refractivity contribution >= 4 is 18.2 Å². The molecule has 0 spiro atoms. The summed E-state index contributed by atoms with van der Waals surface area (Å²) >= 11 is 0.949. The summed E-state index contributed by atoms with van der Waals surface area (Å²) < 4.78 is 20.4. The zero-order valence-corrected chi connectivity index (χ0v) is 6.95. The van der Waals surface area contributed by atoms with Crippen molar-refractivity contribution in [1.29, 1.82) is 0 Å². The molecule has 0 aromatic heterocycles. The van der Waals surface area contributed by atoms with E-state index in [0.29, 0.717) is 4.91 Å². The van der Waals surface area contributed by atoms with Gasteiger partial charge in [0, 0.05) is 18.5 Å². The van der Waals surface area contributed by atoms with Crippen LogP contribution in [0.25, 0.3) is 0 Å². The lowest BCUT2D eigenvalue weighted by atomic mass is 10.6. The van der Waals surface area contributed by atoms with Crippen LogP contribution in [0, 0.1) is 12.3 Å². The fourth-order valence-corrected chi connectivity index (χ4v) is 2.80. The Morgan fingerprint density at radius 1 is 2.00 bits per heavy atom. The summed E-state index contributed by atoms with van der Waals surface area (Å²) in [5.41, 5.74) is 0. The number of hydrogen-bond donors (Lipinski definition) is 0. The first-order valence-corrected chi connectivity index (χ1v) is 5.37. The molecule has 0 aromatic carbocycles. The number of hydrogen-bond acceptors (Lipinski definition) is 4. The van der Waals surface area contributed by atoms with Gasteiger partial charge in [0.2, 0.25) is 0 Å². The molecule has 0 saturated carbocycles. The Labute approximate surface area is 63.1 Å². The summed E-state index contributed by atoms with van der Waals surface area (Å²) in [7, 11) is 1.32. The van der Waals surface area contributed by atoms with Gasteiger partial charge in [0.1, 0.15) is 11.2 Å². The van der Waals surface area contributed by atoms with Gasteiger partial charge in [-0.3, -0.25) is 4.52 Å². The first-order chi connectivity index (χ1) is 4.70. The number of rotatable bonds is 1. The van der Waals surface area contributed by atoms with Crippen LogP contribution >= 0.6 is 18.2 Å². The molecule has 0 aliphatic carbocycles. The molecule has 1 atom stereocenters. The van der Waals surface area contributed by atoms with E-state index < -0.39 is 6.80 Å². The molecule has 0 aromatic rings. The van der Waals surface area contributed by atoms with Crippen LogP contribution in [0.4, 0.5) is 0 Å². The lowest BCUT2D eigenvalue weighted by Gasteiger charge is -2.03. The number of terminal acetylenes is 1. The molecule has 1 heterocycles. The Balaban J connectivity index is 2.70. The van der Waals surface area contributed by atoms with E-state index >= 15 is 0 Å². The van der Waals surface area contributed by atoms with Gasteiger partial charge in [-0.25, -0.2) is 4.57 Å². The molecule has 1 unspecified atom stereocenters. The predicted molar refractivity (Wildman–Crippen MR) is 40.2 cm³/mol. The van der Waals surface area contributed by atoms with Gasteiger partial charge in [0.25, 0.3) is 0 Å². The van der Waals surface area contributed by atoms with Crippen LogP contribution in [0.1, 0.15) is 0 Å². The van der Waals surface area contributed by atoms with Crippen LogP contribution in [0.3, 0.4) is 0 Å². The average molecular weight is 176 g/mol. The van der Waals surface area contributed by atoms with Crippen molar-refractivity contribution in [2.75, 3.05) is 7.11 Å². The molecular formula is C5H5O3PS. The lowest BCUT2D eigenvalue weighted by molar-refractivity contribution is 0.322. The van der Waals surface area contributed by atoms with Crippen LogP contribution in [0.15, 0.2) is 11.2 Å². The van der Waals surface area contributed by atoms with Crippen LogP contribution in [-0.2, 0) is 13.6 Å². The minimum atomic E-state index is -2.94. The van der Waals surface area contributed by atoms with E-state index in [4.69, 9.17) is 6.42 Å². The zero-order valence-electron chi connectivity index (χ0n) is 5.23. The van der Waals surface area contributed by atoms with Gasteiger partial charge in [0.15, 0.2) is 0 Å². The van der Waals surface area contributed by atoms with Crippen LogP contribution < -0.4 is 0 Å². The number of allylic oxidation sites excluding steroid dienone is 1. The third-order valence-electron chi connectivity index (χ3n) is 0.865. The van der Waals surface area contributed by atoms with E-state index in [0.717, 1.165) is 11.4 Å². The highest BCUT2D eigenvalue weighted by Crippen LogP contribution is 2.67. The molecule has 54 valence electrons. The molecular weight excluding hydrogens is 171 g/mol. The van der Waals surface area contributed by atoms with Crippen molar-refractivity contribution in [3.63, 3.8) is 0 Å². The van der Waals surface area contributed by atoms with Crippen molar-refractivity contribution in [3.8, 4) is 12.3 Å². The van der Waals surface area contributed by atoms with E-state index in [1.54, 1.807) is 0 Å². The highest BCUT2D eigenvalue weighted by atomic mass is 32.7. The zero-order chi connectivity index (χ0) is 7.61. The van der Waals surface area contributed by atoms with Crippen molar-refractivity contribution in [3.05, 3.63) is 11.2 Å². The van der Waals surface area contributed by atoms with Gasteiger partial charge < -0.3 is 4.52 Å². The topological polar surface area (TPSA) is 35.5 Å². The molecule has 0 fully saturated rings. The van der Waals surface area contributed by atoms with Gasteiger partial charge in [-0.15, -0.1) is 6.42 Å². The van der Waals surface area contributed by atoms with Crippen LogP contribution in [-0.4, -0.2) is 7.11 Å². The molecule has 3 nitrogen and oxygen atoms in total. The van der Waals surface area contributed by atoms with Crippen molar-refractivity contribution < 1.29 is 13.6 Å². The molecule has 1 aliphatic heterocycles. The van der Waals surface area contributed by atoms with E-state index in [-0.39, 0.29) is 0 Å². The largest absolute Gasteiger partial charge is 0.444 e. The molecule has 10 heavy (non-hydrogen) atoms. The normalized spacial score (nSPS) is 30.6. The molecule has 0 bridgehead atoms. The third-order valence-corrected chi connectivity index (χ3v) is 4.28. The lowest BCUT2D eigenvalue weighted by Crippen LogP contribution is -1.74. The third kappa shape index (κ3) is 1.38. The molecule has 5 heteroatoms. The second-order valence-corrected chi connectivity index (χ2v) is 5.44.